The number of fused-ring (bicyclic) bond motifs is 1. The Kier molecular flexibility index (Phi) is 3.69. The second kappa shape index (κ2) is 5.42. The number of carbonyl (C=O) groups is 1. The summed E-state index contributed by atoms with van der Waals surface area (Å²) in [5, 5.41) is 0. The molecule has 1 aromatic carbocycles. The van der Waals surface area contributed by atoms with E-state index in [9.17, 15) is 4.79 Å². The lowest BCUT2D eigenvalue weighted by molar-refractivity contribution is 0.00889. The fourth-order valence-corrected chi connectivity index (χ4v) is 1.38. The van der Waals surface area contributed by atoms with Crippen molar-refractivity contribution in [2.75, 3.05) is 20.3 Å². The van der Waals surface area contributed by atoms with Gasteiger partial charge in [-0.3, -0.25) is 9.63 Å². The van der Waals surface area contributed by atoms with E-state index in [1.807, 2.05) is 0 Å². The molecule has 1 amide bonds. The van der Waals surface area contributed by atoms with Crippen molar-refractivity contribution in [3.8, 4) is 0 Å². The van der Waals surface area contributed by atoms with Crippen LogP contribution < -0.4 is 5.48 Å². The predicted octanol–water partition coefficient (Wildman–Crippen LogP) is 0.871. The minimum Gasteiger partial charge on any atom is -0.382 e. The van der Waals surface area contributed by atoms with E-state index in [2.05, 4.69) is 15.4 Å². The maximum Gasteiger partial charge on any atom is 0.274 e. The first-order valence-corrected chi connectivity index (χ1v) is 5.15. The third kappa shape index (κ3) is 2.80. The molecule has 0 saturated carbocycles. The Morgan fingerprint density at radius 2 is 2.35 bits per heavy atom. The second-order valence-electron chi connectivity index (χ2n) is 3.41. The van der Waals surface area contributed by atoms with Crippen LogP contribution in [0.3, 0.4) is 0 Å². The van der Waals surface area contributed by atoms with Crippen molar-refractivity contribution >= 4 is 16.9 Å². The maximum atomic E-state index is 11.7. The maximum absolute atomic E-state index is 11.7. The molecule has 0 fully saturated rings. The van der Waals surface area contributed by atoms with E-state index in [4.69, 9.17) is 9.57 Å². The quantitative estimate of drug-likeness (QED) is 0.595. The first-order chi connectivity index (χ1) is 8.31. The number of aromatic nitrogens is 2. The first-order valence-electron chi connectivity index (χ1n) is 5.15. The third-order valence-corrected chi connectivity index (χ3v) is 2.24. The van der Waals surface area contributed by atoms with Crippen molar-refractivity contribution in [2.45, 2.75) is 0 Å². The number of hydroxylamine groups is 1. The highest BCUT2D eigenvalue weighted by atomic mass is 16.7. The SMILES string of the molecule is COCCONC(=O)c1ccc2nc[nH]c2c1. The largest absolute Gasteiger partial charge is 0.382 e. The lowest BCUT2D eigenvalue weighted by atomic mass is 10.2. The van der Waals surface area contributed by atoms with Gasteiger partial charge >= 0.3 is 0 Å². The second-order valence-corrected chi connectivity index (χ2v) is 3.41. The van der Waals surface area contributed by atoms with Crippen LogP contribution in [0.2, 0.25) is 0 Å². The Bertz CT molecular complexity index is 509. The Morgan fingerprint density at radius 1 is 1.47 bits per heavy atom. The van der Waals surface area contributed by atoms with Gasteiger partial charge in [0, 0.05) is 12.7 Å². The molecule has 2 aromatic rings. The highest BCUT2D eigenvalue weighted by Gasteiger charge is 2.06. The van der Waals surface area contributed by atoms with Crippen LogP contribution in [0.4, 0.5) is 0 Å². The number of nitrogens with one attached hydrogen (secondary N) is 2. The molecule has 6 nitrogen and oxygen atoms in total. The van der Waals surface area contributed by atoms with Crippen LogP contribution in [0.25, 0.3) is 11.0 Å². The summed E-state index contributed by atoms with van der Waals surface area (Å²) in [5.74, 6) is -0.294. The Balaban J connectivity index is 1.98. The number of rotatable bonds is 5. The molecule has 1 aromatic heterocycles. The molecule has 0 aliphatic carbocycles. The standard InChI is InChI=1S/C11H13N3O3/c1-16-4-5-17-14-11(15)8-2-3-9-10(6-8)13-7-12-9/h2-3,6-7H,4-5H2,1H3,(H,12,13)(H,14,15). The van der Waals surface area contributed by atoms with Gasteiger partial charge in [0.15, 0.2) is 0 Å². The van der Waals surface area contributed by atoms with Gasteiger partial charge in [-0.15, -0.1) is 0 Å². The smallest absolute Gasteiger partial charge is 0.274 e. The molecule has 2 N–H and O–H groups in total. The number of methoxy groups -OCH3 is 1. The van der Waals surface area contributed by atoms with E-state index in [0.717, 1.165) is 11.0 Å². The molecule has 90 valence electrons. The fourth-order valence-electron chi connectivity index (χ4n) is 1.38. The summed E-state index contributed by atoms with van der Waals surface area (Å²) in [6.45, 7) is 0.744. The van der Waals surface area contributed by atoms with Gasteiger partial charge < -0.3 is 9.72 Å². The number of carbonyl (C=O) groups excluding carboxylic acids is 1. The highest BCUT2D eigenvalue weighted by molar-refractivity contribution is 5.96. The molecule has 0 spiro atoms. The van der Waals surface area contributed by atoms with Crippen molar-refractivity contribution in [1.82, 2.24) is 15.4 Å². The molecule has 0 aliphatic rings. The summed E-state index contributed by atoms with van der Waals surface area (Å²) in [7, 11) is 1.57. The molecule has 2 rings (SSSR count). The zero-order chi connectivity index (χ0) is 12.1. The summed E-state index contributed by atoms with van der Waals surface area (Å²) in [6.07, 6.45) is 1.58. The zero-order valence-corrected chi connectivity index (χ0v) is 9.40. The van der Waals surface area contributed by atoms with Gasteiger partial charge in [0.2, 0.25) is 0 Å². The Hall–Kier alpha value is -1.92. The van der Waals surface area contributed by atoms with Gasteiger partial charge in [-0.1, -0.05) is 0 Å². The summed E-state index contributed by atoms with van der Waals surface area (Å²) in [4.78, 5) is 23.6. The zero-order valence-electron chi connectivity index (χ0n) is 9.40. The number of hydrogen-bond donors (Lipinski definition) is 2. The molecule has 1 heterocycles. The van der Waals surface area contributed by atoms with Crippen LogP contribution in [0.1, 0.15) is 10.4 Å². The van der Waals surface area contributed by atoms with E-state index in [1.165, 1.54) is 0 Å². The number of ether oxygens (including phenoxy) is 1. The van der Waals surface area contributed by atoms with Crippen LogP contribution in [0.15, 0.2) is 24.5 Å². The lowest BCUT2D eigenvalue weighted by Gasteiger charge is -2.05. The molecule has 0 atom stereocenters. The van der Waals surface area contributed by atoms with Gasteiger partial charge in [-0.2, -0.15) is 0 Å². The summed E-state index contributed by atoms with van der Waals surface area (Å²) >= 11 is 0. The van der Waals surface area contributed by atoms with Crippen LogP contribution in [-0.2, 0) is 9.57 Å². The molecule has 6 heteroatoms. The molecule has 17 heavy (non-hydrogen) atoms. The van der Waals surface area contributed by atoms with Crippen molar-refractivity contribution < 1.29 is 14.4 Å². The number of imidazole rings is 1. The normalized spacial score (nSPS) is 10.6. The van der Waals surface area contributed by atoms with Gasteiger partial charge in [0.05, 0.1) is 30.6 Å². The minimum atomic E-state index is -0.294. The number of nitrogens with zero attached hydrogens (tertiary/aromatic N) is 1. The predicted molar refractivity (Wildman–Crippen MR) is 61.4 cm³/mol. The fraction of sp³-hybridized carbons (Fsp3) is 0.273. The van der Waals surface area contributed by atoms with Crippen molar-refractivity contribution in [1.29, 1.82) is 0 Å². The summed E-state index contributed by atoms with van der Waals surface area (Å²) in [6, 6.07) is 5.19. The topological polar surface area (TPSA) is 76.2 Å². The Morgan fingerprint density at radius 3 is 3.18 bits per heavy atom. The van der Waals surface area contributed by atoms with Crippen molar-refractivity contribution in [2.24, 2.45) is 0 Å². The third-order valence-electron chi connectivity index (χ3n) is 2.24. The van der Waals surface area contributed by atoms with Gasteiger partial charge in [-0.25, -0.2) is 10.5 Å². The molecule has 0 unspecified atom stereocenters. The van der Waals surface area contributed by atoms with Gasteiger partial charge in [0.25, 0.3) is 5.91 Å². The number of aromatic amines is 1. The van der Waals surface area contributed by atoms with Crippen molar-refractivity contribution in [3.63, 3.8) is 0 Å². The molecule has 0 saturated heterocycles. The van der Waals surface area contributed by atoms with E-state index >= 15 is 0 Å². The van der Waals surface area contributed by atoms with E-state index in [0.29, 0.717) is 18.8 Å². The molecular weight excluding hydrogens is 222 g/mol. The van der Waals surface area contributed by atoms with Crippen LogP contribution in [0, 0.1) is 0 Å². The number of amides is 1. The van der Waals surface area contributed by atoms with Gasteiger partial charge in [-0.05, 0) is 18.2 Å². The van der Waals surface area contributed by atoms with Crippen LogP contribution in [-0.4, -0.2) is 36.2 Å². The lowest BCUT2D eigenvalue weighted by Crippen LogP contribution is -2.25. The number of hydrogen-bond acceptors (Lipinski definition) is 4. The highest BCUT2D eigenvalue weighted by Crippen LogP contribution is 2.11. The molecule has 0 bridgehead atoms. The van der Waals surface area contributed by atoms with E-state index in [1.54, 1.807) is 31.6 Å². The average Bonchev–Trinajstić information content (AvgIpc) is 2.81. The summed E-state index contributed by atoms with van der Waals surface area (Å²) < 4.78 is 4.79. The average molecular weight is 235 g/mol. The summed E-state index contributed by atoms with van der Waals surface area (Å²) in [5.41, 5.74) is 4.49. The number of benzene rings is 1. The van der Waals surface area contributed by atoms with Crippen molar-refractivity contribution in [3.05, 3.63) is 30.1 Å². The van der Waals surface area contributed by atoms with E-state index in [-0.39, 0.29) is 5.91 Å². The number of H-pyrrole nitrogens is 1. The molecule has 0 radical (unpaired) electrons. The molecular formula is C11H13N3O3. The first kappa shape index (κ1) is 11.6. The van der Waals surface area contributed by atoms with E-state index < -0.39 is 0 Å². The van der Waals surface area contributed by atoms with Crippen LogP contribution in [0.5, 0.6) is 0 Å². The van der Waals surface area contributed by atoms with Gasteiger partial charge in [0.1, 0.15) is 0 Å². The minimum absolute atomic E-state index is 0.294. The van der Waals surface area contributed by atoms with Crippen LogP contribution >= 0.6 is 0 Å². The Labute approximate surface area is 97.9 Å². The monoisotopic (exact) mass is 235 g/mol. The molecule has 0 aliphatic heterocycles.